The topological polar surface area (TPSA) is 83.1 Å². The van der Waals surface area contributed by atoms with Crippen molar-refractivity contribution in [2.24, 2.45) is 12.1 Å². The largest absolute Gasteiger partial charge is 0.507 e. The Bertz CT molecular complexity index is 1060. The number of phenolic OH excluding ortho intramolecular Hbond substituents is 2. The van der Waals surface area contributed by atoms with Crippen molar-refractivity contribution >= 4 is 5.71 Å². The maximum absolute atomic E-state index is 10.3. The SMILES string of the molecule is COc1ccc(O)c(C2=NN(C)C(c3cn(C)nc3-c3ccccc3O)C2)c1. The van der Waals surface area contributed by atoms with Crippen molar-refractivity contribution in [2.75, 3.05) is 14.2 Å². The molecule has 0 saturated carbocycles. The van der Waals surface area contributed by atoms with Gasteiger partial charge in [-0.1, -0.05) is 12.1 Å². The van der Waals surface area contributed by atoms with Gasteiger partial charge in [0.05, 0.1) is 18.9 Å². The van der Waals surface area contributed by atoms with Crippen LogP contribution in [0.5, 0.6) is 17.2 Å². The summed E-state index contributed by atoms with van der Waals surface area (Å²) in [6, 6.07) is 12.2. The van der Waals surface area contributed by atoms with Crippen molar-refractivity contribution < 1.29 is 14.9 Å². The van der Waals surface area contributed by atoms with Gasteiger partial charge in [0.25, 0.3) is 0 Å². The molecule has 2 heterocycles. The van der Waals surface area contributed by atoms with Crippen molar-refractivity contribution in [1.29, 1.82) is 0 Å². The third-order valence-corrected chi connectivity index (χ3v) is 5.01. The number of rotatable bonds is 4. The highest BCUT2D eigenvalue weighted by molar-refractivity contribution is 6.04. The third kappa shape index (κ3) is 3.05. The number of benzene rings is 2. The number of methoxy groups -OCH3 is 1. The fourth-order valence-electron chi connectivity index (χ4n) is 3.60. The Labute approximate surface area is 163 Å². The Kier molecular flexibility index (Phi) is 4.43. The average molecular weight is 378 g/mol. The smallest absolute Gasteiger partial charge is 0.125 e. The van der Waals surface area contributed by atoms with Gasteiger partial charge >= 0.3 is 0 Å². The maximum Gasteiger partial charge on any atom is 0.125 e. The minimum absolute atomic E-state index is 0.0658. The standard InChI is InChI=1S/C21H22N4O3/c1-24-12-16(21(23-24)14-6-4-5-7-19(14)26)18-11-17(22-25(18)2)15-10-13(28-3)8-9-20(15)27/h4-10,12,18,26-27H,11H2,1-3H3. The molecule has 144 valence electrons. The van der Waals surface area contributed by atoms with Crippen molar-refractivity contribution in [3.05, 3.63) is 59.8 Å². The van der Waals surface area contributed by atoms with Crippen LogP contribution in [-0.4, -0.2) is 44.9 Å². The fourth-order valence-corrected chi connectivity index (χ4v) is 3.60. The van der Waals surface area contributed by atoms with Gasteiger partial charge in [0.15, 0.2) is 0 Å². The summed E-state index contributed by atoms with van der Waals surface area (Å²) < 4.78 is 7.02. The number of ether oxygens (including phenoxy) is 1. The zero-order chi connectivity index (χ0) is 19.8. The van der Waals surface area contributed by atoms with Gasteiger partial charge in [-0.2, -0.15) is 10.2 Å². The van der Waals surface area contributed by atoms with Crippen LogP contribution < -0.4 is 4.74 Å². The van der Waals surface area contributed by atoms with Gasteiger partial charge in [-0.3, -0.25) is 9.69 Å². The van der Waals surface area contributed by atoms with E-state index < -0.39 is 0 Å². The molecule has 7 nitrogen and oxygen atoms in total. The number of aryl methyl sites for hydroxylation is 1. The maximum atomic E-state index is 10.3. The summed E-state index contributed by atoms with van der Waals surface area (Å²) in [4.78, 5) is 0. The quantitative estimate of drug-likeness (QED) is 0.728. The molecule has 0 saturated heterocycles. The number of nitrogens with zero attached hydrogens (tertiary/aromatic N) is 4. The highest BCUT2D eigenvalue weighted by atomic mass is 16.5. The van der Waals surface area contributed by atoms with E-state index in [9.17, 15) is 10.2 Å². The monoisotopic (exact) mass is 378 g/mol. The first-order valence-corrected chi connectivity index (χ1v) is 8.97. The Morgan fingerprint density at radius 2 is 1.79 bits per heavy atom. The number of aromatic nitrogens is 2. The van der Waals surface area contributed by atoms with E-state index in [1.54, 1.807) is 42.1 Å². The van der Waals surface area contributed by atoms with E-state index in [4.69, 9.17) is 4.74 Å². The molecule has 1 unspecified atom stereocenters. The lowest BCUT2D eigenvalue weighted by atomic mass is 9.96. The molecule has 2 N–H and O–H groups in total. The zero-order valence-electron chi connectivity index (χ0n) is 16.0. The van der Waals surface area contributed by atoms with Crippen LogP contribution >= 0.6 is 0 Å². The van der Waals surface area contributed by atoms with Crippen molar-refractivity contribution in [1.82, 2.24) is 14.8 Å². The molecule has 0 aliphatic carbocycles. The Hall–Kier alpha value is -3.48. The van der Waals surface area contributed by atoms with Gasteiger partial charge < -0.3 is 14.9 Å². The number of hydrogen-bond donors (Lipinski definition) is 2. The first kappa shape index (κ1) is 17.9. The Morgan fingerprint density at radius 1 is 1.04 bits per heavy atom. The number of hydrogen-bond acceptors (Lipinski definition) is 6. The predicted molar refractivity (Wildman–Crippen MR) is 107 cm³/mol. The van der Waals surface area contributed by atoms with E-state index in [1.165, 1.54) is 0 Å². The van der Waals surface area contributed by atoms with E-state index in [2.05, 4.69) is 10.2 Å². The molecule has 0 fully saturated rings. The lowest BCUT2D eigenvalue weighted by Gasteiger charge is -2.19. The molecule has 1 aromatic heterocycles. The van der Waals surface area contributed by atoms with Gasteiger partial charge in [0.2, 0.25) is 0 Å². The van der Waals surface area contributed by atoms with Crippen molar-refractivity contribution in [3.8, 4) is 28.5 Å². The molecule has 2 aromatic carbocycles. The molecule has 7 heteroatoms. The highest BCUT2D eigenvalue weighted by Crippen LogP contribution is 2.40. The molecule has 1 aliphatic heterocycles. The summed E-state index contributed by atoms with van der Waals surface area (Å²) in [5.74, 6) is 1.02. The van der Waals surface area contributed by atoms with Gasteiger partial charge in [-0.15, -0.1) is 0 Å². The molecule has 0 radical (unpaired) electrons. The first-order valence-electron chi connectivity index (χ1n) is 8.97. The summed E-state index contributed by atoms with van der Waals surface area (Å²) in [6.07, 6.45) is 2.55. The molecule has 28 heavy (non-hydrogen) atoms. The second-order valence-electron chi connectivity index (χ2n) is 6.85. The van der Waals surface area contributed by atoms with Crippen LogP contribution in [0.1, 0.15) is 23.6 Å². The molecule has 0 amide bonds. The van der Waals surface area contributed by atoms with E-state index >= 15 is 0 Å². The first-order chi connectivity index (χ1) is 13.5. The second kappa shape index (κ2) is 6.92. The molecular weight excluding hydrogens is 356 g/mol. The third-order valence-electron chi connectivity index (χ3n) is 5.01. The van der Waals surface area contributed by atoms with Crippen LogP contribution in [0.4, 0.5) is 0 Å². The van der Waals surface area contributed by atoms with E-state index in [0.29, 0.717) is 23.3 Å². The van der Waals surface area contributed by atoms with Crippen LogP contribution in [0.25, 0.3) is 11.3 Å². The van der Waals surface area contributed by atoms with Crippen LogP contribution in [-0.2, 0) is 7.05 Å². The minimum atomic E-state index is -0.0658. The van der Waals surface area contributed by atoms with Gasteiger partial charge in [-0.25, -0.2) is 0 Å². The molecular formula is C21H22N4O3. The van der Waals surface area contributed by atoms with Crippen molar-refractivity contribution in [2.45, 2.75) is 12.5 Å². The number of phenols is 2. The number of hydrazone groups is 1. The summed E-state index contributed by atoms with van der Waals surface area (Å²) in [5.41, 5.74) is 3.80. The van der Waals surface area contributed by atoms with Crippen LogP contribution in [0.2, 0.25) is 0 Å². The fraction of sp³-hybridized carbons (Fsp3) is 0.238. The Balaban J connectivity index is 1.71. The van der Waals surface area contributed by atoms with Crippen LogP contribution in [0, 0.1) is 0 Å². The number of para-hydroxylation sites is 1. The average Bonchev–Trinajstić information content (AvgIpc) is 3.25. The predicted octanol–water partition coefficient (Wildman–Crippen LogP) is 3.29. The highest BCUT2D eigenvalue weighted by Gasteiger charge is 2.31. The Morgan fingerprint density at radius 3 is 2.54 bits per heavy atom. The summed E-state index contributed by atoms with van der Waals surface area (Å²) in [6.45, 7) is 0. The normalized spacial score (nSPS) is 16.3. The zero-order valence-corrected chi connectivity index (χ0v) is 16.0. The summed E-state index contributed by atoms with van der Waals surface area (Å²) >= 11 is 0. The van der Waals surface area contributed by atoms with Gasteiger partial charge in [0.1, 0.15) is 22.9 Å². The lowest BCUT2D eigenvalue weighted by Crippen LogP contribution is -2.14. The molecule has 1 aliphatic rings. The molecule has 0 spiro atoms. The van der Waals surface area contributed by atoms with Crippen LogP contribution in [0.15, 0.2) is 53.8 Å². The van der Waals surface area contributed by atoms with Crippen molar-refractivity contribution in [3.63, 3.8) is 0 Å². The van der Waals surface area contributed by atoms with E-state index in [-0.39, 0.29) is 17.5 Å². The molecule has 1 atom stereocenters. The molecule has 3 aromatic rings. The van der Waals surface area contributed by atoms with E-state index in [1.807, 2.05) is 37.4 Å². The summed E-state index contributed by atoms with van der Waals surface area (Å²) in [5, 5.41) is 31.7. The molecule has 4 rings (SSSR count). The van der Waals surface area contributed by atoms with Crippen LogP contribution in [0.3, 0.4) is 0 Å². The minimum Gasteiger partial charge on any atom is -0.507 e. The lowest BCUT2D eigenvalue weighted by molar-refractivity contribution is 0.290. The molecule has 0 bridgehead atoms. The second-order valence-corrected chi connectivity index (χ2v) is 6.85. The van der Waals surface area contributed by atoms with Gasteiger partial charge in [-0.05, 0) is 30.3 Å². The van der Waals surface area contributed by atoms with E-state index in [0.717, 1.165) is 17.0 Å². The summed E-state index contributed by atoms with van der Waals surface area (Å²) in [7, 11) is 5.35. The number of aromatic hydroxyl groups is 2. The van der Waals surface area contributed by atoms with Gasteiger partial charge in [0, 0.05) is 43.4 Å².